The van der Waals surface area contributed by atoms with E-state index in [0.717, 1.165) is 13.0 Å². The summed E-state index contributed by atoms with van der Waals surface area (Å²) in [6.45, 7) is 13.6. The molecule has 21 heavy (non-hydrogen) atoms. The van der Waals surface area contributed by atoms with Crippen molar-refractivity contribution in [3.63, 3.8) is 0 Å². The molecule has 0 aromatic rings. The molecule has 2 amide bonds. The van der Waals surface area contributed by atoms with Gasteiger partial charge in [0.2, 0.25) is 5.91 Å². The van der Waals surface area contributed by atoms with Crippen molar-refractivity contribution in [2.24, 2.45) is 11.3 Å². The zero-order valence-electron chi connectivity index (χ0n) is 14.1. The van der Waals surface area contributed by atoms with E-state index in [-0.39, 0.29) is 23.5 Å². The topological polar surface area (TPSA) is 49.9 Å². The molecule has 0 radical (unpaired) electrons. The summed E-state index contributed by atoms with van der Waals surface area (Å²) < 4.78 is 5.43. The highest BCUT2D eigenvalue weighted by molar-refractivity contribution is 5.82. The van der Waals surface area contributed by atoms with Gasteiger partial charge < -0.3 is 14.5 Å². The minimum absolute atomic E-state index is 0.157. The lowest BCUT2D eigenvalue weighted by atomic mass is 9.94. The van der Waals surface area contributed by atoms with Gasteiger partial charge in [-0.2, -0.15) is 0 Å². The van der Waals surface area contributed by atoms with E-state index in [9.17, 15) is 9.59 Å². The number of rotatable bonds is 0. The number of carbonyl (C=O) groups excluding carboxylic acids is 2. The van der Waals surface area contributed by atoms with Crippen LogP contribution in [0.3, 0.4) is 0 Å². The van der Waals surface area contributed by atoms with Crippen LogP contribution in [0, 0.1) is 11.3 Å². The molecule has 2 fully saturated rings. The number of fused-ring (bicyclic) bond motifs is 1. The quantitative estimate of drug-likeness (QED) is 0.690. The Morgan fingerprint density at radius 3 is 2.19 bits per heavy atom. The van der Waals surface area contributed by atoms with E-state index in [0.29, 0.717) is 19.0 Å². The Kier molecular flexibility index (Phi) is 3.98. The largest absolute Gasteiger partial charge is 0.444 e. The average molecular weight is 296 g/mol. The maximum Gasteiger partial charge on any atom is 0.410 e. The van der Waals surface area contributed by atoms with Crippen molar-refractivity contribution in [2.75, 3.05) is 19.6 Å². The van der Waals surface area contributed by atoms with Crippen molar-refractivity contribution >= 4 is 12.0 Å². The summed E-state index contributed by atoms with van der Waals surface area (Å²) in [6, 6.07) is 0.157. The van der Waals surface area contributed by atoms with Crippen LogP contribution in [0.15, 0.2) is 0 Å². The highest BCUT2D eigenvalue weighted by Crippen LogP contribution is 2.34. The Balaban J connectivity index is 2.02. The van der Waals surface area contributed by atoms with E-state index in [4.69, 9.17) is 4.74 Å². The van der Waals surface area contributed by atoms with Gasteiger partial charge in [-0.25, -0.2) is 4.79 Å². The summed E-state index contributed by atoms with van der Waals surface area (Å²) in [6.07, 6.45) is 0.714. The summed E-state index contributed by atoms with van der Waals surface area (Å²) in [5.41, 5.74) is -0.843. The Hall–Kier alpha value is -1.26. The first-order valence-electron chi connectivity index (χ1n) is 7.78. The second kappa shape index (κ2) is 5.18. The van der Waals surface area contributed by atoms with Gasteiger partial charge in [-0.15, -0.1) is 0 Å². The van der Waals surface area contributed by atoms with Crippen molar-refractivity contribution in [1.29, 1.82) is 0 Å². The number of amides is 2. The van der Waals surface area contributed by atoms with Crippen LogP contribution in [-0.4, -0.2) is 53.1 Å². The SMILES string of the molecule is CC(C)(C)OC(=O)N1CC2CCN(C(=O)C(C)(C)C)C2C1. The predicted octanol–water partition coefficient (Wildman–Crippen LogP) is 2.50. The lowest BCUT2D eigenvalue weighted by molar-refractivity contribution is -0.140. The fourth-order valence-electron chi connectivity index (χ4n) is 3.12. The van der Waals surface area contributed by atoms with Crippen molar-refractivity contribution in [3.05, 3.63) is 0 Å². The van der Waals surface area contributed by atoms with Crippen molar-refractivity contribution in [2.45, 2.75) is 59.6 Å². The molecule has 2 rings (SSSR count). The van der Waals surface area contributed by atoms with Gasteiger partial charge in [-0.3, -0.25) is 4.79 Å². The Morgan fingerprint density at radius 1 is 1.05 bits per heavy atom. The molecule has 120 valence electrons. The fraction of sp³-hybridized carbons (Fsp3) is 0.875. The van der Waals surface area contributed by atoms with Crippen LogP contribution in [0.25, 0.3) is 0 Å². The molecule has 2 atom stereocenters. The molecular weight excluding hydrogens is 268 g/mol. The maximum atomic E-state index is 12.5. The number of carbonyl (C=O) groups is 2. The average Bonchev–Trinajstić information content (AvgIpc) is 2.82. The summed E-state index contributed by atoms with van der Waals surface area (Å²) in [7, 11) is 0. The third-order valence-electron chi connectivity index (χ3n) is 4.10. The van der Waals surface area contributed by atoms with E-state index >= 15 is 0 Å². The molecule has 0 saturated carbocycles. The molecule has 5 nitrogen and oxygen atoms in total. The Bertz CT molecular complexity index is 434. The number of ether oxygens (including phenoxy) is 1. The molecule has 2 saturated heterocycles. The standard InChI is InChI=1S/C16H28N2O3/c1-15(2,3)13(19)18-8-7-11-9-17(10-12(11)18)14(20)21-16(4,5)6/h11-12H,7-10H2,1-6H3. The second-order valence-electron chi connectivity index (χ2n) is 8.25. The van der Waals surface area contributed by atoms with Gasteiger partial charge in [-0.1, -0.05) is 20.8 Å². The van der Waals surface area contributed by atoms with Crippen LogP contribution in [0.4, 0.5) is 4.79 Å². The molecule has 0 aliphatic carbocycles. The van der Waals surface area contributed by atoms with Crippen LogP contribution in [-0.2, 0) is 9.53 Å². The third kappa shape index (κ3) is 3.50. The zero-order chi connectivity index (χ0) is 16.0. The van der Waals surface area contributed by atoms with E-state index in [1.165, 1.54) is 0 Å². The molecule has 0 aromatic carbocycles. The summed E-state index contributed by atoms with van der Waals surface area (Å²) in [5.74, 6) is 0.574. The first kappa shape index (κ1) is 16.1. The Morgan fingerprint density at radius 2 is 1.67 bits per heavy atom. The number of nitrogens with zero attached hydrogens (tertiary/aromatic N) is 2. The first-order valence-corrected chi connectivity index (χ1v) is 7.78. The number of likely N-dealkylation sites (tertiary alicyclic amines) is 2. The van der Waals surface area contributed by atoms with Gasteiger partial charge in [0.05, 0.1) is 6.04 Å². The molecule has 2 heterocycles. The van der Waals surface area contributed by atoms with Crippen LogP contribution in [0.1, 0.15) is 48.0 Å². The van der Waals surface area contributed by atoms with Crippen molar-refractivity contribution in [3.8, 4) is 0 Å². The van der Waals surface area contributed by atoms with Crippen LogP contribution in [0.5, 0.6) is 0 Å². The van der Waals surface area contributed by atoms with Crippen molar-refractivity contribution < 1.29 is 14.3 Å². The zero-order valence-corrected chi connectivity index (χ0v) is 14.1. The smallest absolute Gasteiger partial charge is 0.410 e. The second-order valence-corrected chi connectivity index (χ2v) is 8.25. The molecule has 2 aliphatic rings. The van der Waals surface area contributed by atoms with Gasteiger partial charge in [0.25, 0.3) is 0 Å². The van der Waals surface area contributed by atoms with Gasteiger partial charge in [0, 0.05) is 31.0 Å². The fourth-order valence-corrected chi connectivity index (χ4v) is 3.12. The van der Waals surface area contributed by atoms with E-state index in [2.05, 4.69) is 0 Å². The highest BCUT2D eigenvalue weighted by Gasteiger charge is 2.47. The van der Waals surface area contributed by atoms with Gasteiger partial charge >= 0.3 is 6.09 Å². The highest BCUT2D eigenvalue weighted by atomic mass is 16.6. The normalized spacial score (nSPS) is 26.0. The molecule has 2 unspecified atom stereocenters. The van der Waals surface area contributed by atoms with Crippen LogP contribution < -0.4 is 0 Å². The predicted molar refractivity (Wildman–Crippen MR) is 80.9 cm³/mol. The maximum absolute atomic E-state index is 12.5. The van der Waals surface area contributed by atoms with E-state index < -0.39 is 5.60 Å². The molecule has 2 aliphatic heterocycles. The lowest BCUT2D eigenvalue weighted by Gasteiger charge is -2.31. The number of hydrogen-bond donors (Lipinski definition) is 0. The van der Waals surface area contributed by atoms with E-state index in [1.807, 2.05) is 46.4 Å². The van der Waals surface area contributed by atoms with Crippen LogP contribution in [0.2, 0.25) is 0 Å². The van der Waals surface area contributed by atoms with E-state index in [1.54, 1.807) is 4.90 Å². The van der Waals surface area contributed by atoms with Crippen LogP contribution >= 0.6 is 0 Å². The molecule has 0 bridgehead atoms. The van der Waals surface area contributed by atoms with Gasteiger partial charge in [0.15, 0.2) is 0 Å². The molecule has 0 N–H and O–H groups in total. The Labute approximate surface area is 127 Å². The number of hydrogen-bond acceptors (Lipinski definition) is 3. The molecule has 0 aromatic heterocycles. The molecular formula is C16H28N2O3. The lowest BCUT2D eigenvalue weighted by Crippen LogP contribution is -2.45. The van der Waals surface area contributed by atoms with Gasteiger partial charge in [-0.05, 0) is 27.2 Å². The molecule has 0 spiro atoms. The van der Waals surface area contributed by atoms with Gasteiger partial charge in [0.1, 0.15) is 5.60 Å². The minimum atomic E-state index is -0.476. The monoisotopic (exact) mass is 296 g/mol. The first-order chi connectivity index (χ1) is 9.49. The molecule has 5 heteroatoms. The summed E-state index contributed by atoms with van der Waals surface area (Å²) >= 11 is 0. The van der Waals surface area contributed by atoms with Crippen molar-refractivity contribution in [1.82, 2.24) is 9.80 Å². The summed E-state index contributed by atoms with van der Waals surface area (Å²) in [4.78, 5) is 28.4. The summed E-state index contributed by atoms with van der Waals surface area (Å²) in [5, 5.41) is 0. The third-order valence-corrected chi connectivity index (χ3v) is 4.10. The minimum Gasteiger partial charge on any atom is -0.444 e.